The minimum Gasteiger partial charge on any atom is -0.364 e. The van der Waals surface area contributed by atoms with Crippen LogP contribution in [0.5, 0.6) is 0 Å². The summed E-state index contributed by atoms with van der Waals surface area (Å²) < 4.78 is 10.5. The van der Waals surface area contributed by atoms with Crippen molar-refractivity contribution >= 4 is 18.3 Å². The summed E-state index contributed by atoms with van der Waals surface area (Å²) in [6.07, 6.45) is 1.24. The minimum absolute atomic E-state index is 0. The Labute approximate surface area is 118 Å². The van der Waals surface area contributed by atoms with Crippen molar-refractivity contribution in [2.75, 3.05) is 13.6 Å². The lowest BCUT2D eigenvalue weighted by molar-refractivity contribution is -0.142. The average Bonchev–Trinajstić information content (AvgIpc) is 2.97. The highest BCUT2D eigenvalue weighted by atomic mass is 35.5. The summed E-state index contributed by atoms with van der Waals surface area (Å²) in [7, 11) is 1.74. The van der Waals surface area contributed by atoms with Crippen LogP contribution in [-0.2, 0) is 16.1 Å². The predicted octanol–water partition coefficient (Wildman–Crippen LogP) is 0.870. The molecule has 7 heteroatoms. The minimum atomic E-state index is -0.364. The predicted molar refractivity (Wildman–Crippen MR) is 71.9 cm³/mol. The molecular formula is C12H20ClN3O3. The molecular weight excluding hydrogens is 270 g/mol. The molecule has 2 heterocycles. The van der Waals surface area contributed by atoms with Gasteiger partial charge >= 0.3 is 0 Å². The van der Waals surface area contributed by atoms with Crippen molar-refractivity contribution < 1.29 is 14.1 Å². The van der Waals surface area contributed by atoms with Gasteiger partial charge in [-0.3, -0.25) is 4.79 Å². The average molecular weight is 290 g/mol. The molecule has 0 bridgehead atoms. The number of halogens is 1. The first-order valence-corrected chi connectivity index (χ1v) is 6.13. The van der Waals surface area contributed by atoms with Crippen LogP contribution in [-0.4, -0.2) is 41.8 Å². The van der Waals surface area contributed by atoms with Crippen LogP contribution in [0.15, 0.2) is 10.6 Å². The zero-order chi connectivity index (χ0) is 13.1. The largest absolute Gasteiger partial charge is 0.364 e. The van der Waals surface area contributed by atoms with Gasteiger partial charge in [-0.05, 0) is 19.8 Å². The van der Waals surface area contributed by atoms with E-state index in [1.54, 1.807) is 11.9 Å². The normalized spacial score (nSPS) is 22.1. The van der Waals surface area contributed by atoms with Crippen molar-refractivity contribution in [3.8, 4) is 0 Å². The van der Waals surface area contributed by atoms with Gasteiger partial charge in [-0.1, -0.05) is 5.16 Å². The Kier molecular flexibility index (Phi) is 5.78. The molecule has 1 aromatic heterocycles. The summed E-state index contributed by atoms with van der Waals surface area (Å²) in [4.78, 5) is 13.7. The summed E-state index contributed by atoms with van der Waals surface area (Å²) in [5, 5.41) is 3.87. The molecule has 0 spiro atoms. The molecule has 2 N–H and O–H groups in total. The molecule has 6 nitrogen and oxygen atoms in total. The number of ether oxygens (including phenoxy) is 1. The second-order valence-electron chi connectivity index (χ2n) is 4.68. The van der Waals surface area contributed by atoms with Crippen LogP contribution in [0, 0.1) is 6.92 Å². The van der Waals surface area contributed by atoms with Crippen molar-refractivity contribution in [1.82, 2.24) is 10.1 Å². The molecule has 0 unspecified atom stereocenters. The lowest BCUT2D eigenvalue weighted by atomic mass is 10.2. The van der Waals surface area contributed by atoms with Gasteiger partial charge in [0.05, 0.1) is 12.6 Å². The number of aryl methyl sites for hydroxylation is 1. The van der Waals surface area contributed by atoms with Crippen molar-refractivity contribution in [2.45, 2.75) is 38.5 Å². The maximum atomic E-state index is 12.1. The summed E-state index contributed by atoms with van der Waals surface area (Å²) >= 11 is 0. The third kappa shape index (κ3) is 3.92. The lowest BCUT2D eigenvalue weighted by Crippen LogP contribution is -2.36. The van der Waals surface area contributed by atoms with Gasteiger partial charge in [0.1, 0.15) is 17.6 Å². The third-order valence-corrected chi connectivity index (χ3v) is 3.10. The van der Waals surface area contributed by atoms with E-state index in [2.05, 4.69) is 5.16 Å². The smallest absolute Gasteiger partial charge is 0.251 e. The standard InChI is InChI=1S/C12H19N3O3.ClH/c1-8-5-9(14-18-8)7-15(2)12(16)11-4-3-10(6-13)17-11;/h5,10-11H,3-4,6-7,13H2,1-2H3;1H/t10-,11+;/m1./s1. The van der Waals surface area contributed by atoms with E-state index in [1.165, 1.54) is 0 Å². The molecule has 1 aliphatic rings. The van der Waals surface area contributed by atoms with Crippen LogP contribution < -0.4 is 5.73 Å². The maximum Gasteiger partial charge on any atom is 0.251 e. The molecule has 1 aliphatic heterocycles. The van der Waals surface area contributed by atoms with E-state index in [4.69, 9.17) is 15.0 Å². The van der Waals surface area contributed by atoms with E-state index in [1.807, 2.05) is 13.0 Å². The van der Waals surface area contributed by atoms with Gasteiger partial charge in [0.15, 0.2) is 0 Å². The van der Waals surface area contributed by atoms with Crippen molar-refractivity contribution in [3.05, 3.63) is 17.5 Å². The molecule has 2 rings (SSSR count). The van der Waals surface area contributed by atoms with E-state index < -0.39 is 0 Å². The van der Waals surface area contributed by atoms with Crippen molar-refractivity contribution in [1.29, 1.82) is 0 Å². The molecule has 1 amide bonds. The van der Waals surface area contributed by atoms with Gasteiger partial charge in [-0.15, -0.1) is 12.4 Å². The Bertz CT molecular complexity index is 424. The maximum absolute atomic E-state index is 12.1. The third-order valence-electron chi connectivity index (χ3n) is 3.10. The fourth-order valence-electron chi connectivity index (χ4n) is 2.12. The fraction of sp³-hybridized carbons (Fsp3) is 0.667. The summed E-state index contributed by atoms with van der Waals surface area (Å²) in [5.74, 6) is 0.720. The van der Waals surface area contributed by atoms with Gasteiger partial charge in [0.2, 0.25) is 0 Å². The molecule has 1 saturated heterocycles. The fourth-order valence-corrected chi connectivity index (χ4v) is 2.12. The molecule has 19 heavy (non-hydrogen) atoms. The first-order chi connectivity index (χ1) is 8.60. The number of aromatic nitrogens is 1. The Morgan fingerprint density at radius 3 is 2.84 bits per heavy atom. The number of nitrogens with two attached hydrogens (primary N) is 1. The molecule has 2 atom stereocenters. The number of likely N-dealkylation sites (N-methyl/N-ethyl adjacent to an activating group) is 1. The Balaban J connectivity index is 0.00000180. The summed E-state index contributed by atoms with van der Waals surface area (Å²) in [6, 6.07) is 1.82. The number of carbonyl (C=O) groups excluding carboxylic acids is 1. The first-order valence-electron chi connectivity index (χ1n) is 6.13. The number of hydrogen-bond acceptors (Lipinski definition) is 5. The number of rotatable bonds is 4. The van der Waals surface area contributed by atoms with Crippen LogP contribution in [0.3, 0.4) is 0 Å². The molecule has 1 aromatic rings. The molecule has 1 fully saturated rings. The zero-order valence-electron chi connectivity index (χ0n) is 11.2. The van der Waals surface area contributed by atoms with Crippen LogP contribution in [0.2, 0.25) is 0 Å². The number of carbonyl (C=O) groups is 1. The van der Waals surface area contributed by atoms with Gasteiger partial charge in [-0.2, -0.15) is 0 Å². The van der Waals surface area contributed by atoms with Crippen molar-refractivity contribution in [2.24, 2.45) is 5.73 Å². The first kappa shape index (κ1) is 15.9. The van der Waals surface area contributed by atoms with Gasteiger partial charge < -0.3 is 19.9 Å². The molecule has 0 aromatic carbocycles. The number of nitrogens with zero attached hydrogens (tertiary/aromatic N) is 2. The Morgan fingerprint density at radius 1 is 1.58 bits per heavy atom. The van der Waals surface area contributed by atoms with E-state index in [9.17, 15) is 4.79 Å². The van der Waals surface area contributed by atoms with Crippen LogP contribution >= 0.6 is 12.4 Å². The molecule has 0 aliphatic carbocycles. The highest BCUT2D eigenvalue weighted by Gasteiger charge is 2.31. The quantitative estimate of drug-likeness (QED) is 0.889. The van der Waals surface area contributed by atoms with Crippen LogP contribution in [0.25, 0.3) is 0 Å². The second-order valence-corrected chi connectivity index (χ2v) is 4.68. The molecule has 0 radical (unpaired) electrons. The summed E-state index contributed by atoms with van der Waals surface area (Å²) in [6.45, 7) is 2.73. The van der Waals surface area contributed by atoms with E-state index in [0.717, 1.165) is 24.3 Å². The Hall–Kier alpha value is -1.11. The number of hydrogen-bond donors (Lipinski definition) is 1. The Morgan fingerprint density at radius 2 is 2.32 bits per heavy atom. The van der Waals surface area contributed by atoms with Crippen LogP contribution in [0.1, 0.15) is 24.3 Å². The van der Waals surface area contributed by atoms with Gasteiger partial charge in [0, 0.05) is 19.7 Å². The second kappa shape index (κ2) is 6.88. The highest BCUT2D eigenvalue weighted by molar-refractivity contribution is 5.85. The van der Waals surface area contributed by atoms with Gasteiger partial charge in [-0.25, -0.2) is 0 Å². The SMILES string of the molecule is Cc1cc(CN(C)C(=O)[C@@H]2CC[C@H](CN)O2)no1.Cl. The monoisotopic (exact) mass is 289 g/mol. The number of amides is 1. The highest BCUT2D eigenvalue weighted by Crippen LogP contribution is 2.20. The zero-order valence-corrected chi connectivity index (χ0v) is 12.0. The van der Waals surface area contributed by atoms with Crippen molar-refractivity contribution in [3.63, 3.8) is 0 Å². The van der Waals surface area contributed by atoms with E-state index >= 15 is 0 Å². The van der Waals surface area contributed by atoms with E-state index in [0.29, 0.717) is 13.1 Å². The van der Waals surface area contributed by atoms with Gasteiger partial charge in [0.25, 0.3) is 5.91 Å². The molecule has 108 valence electrons. The topological polar surface area (TPSA) is 81.6 Å². The van der Waals surface area contributed by atoms with E-state index in [-0.39, 0.29) is 30.5 Å². The summed E-state index contributed by atoms with van der Waals surface area (Å²) in [5.41, 5.74) is 6.27. The molecule has 0 saturated carbocycles. The lowest BCUT2D eigenvalue weighted by Gasteiger charge is -2.20. The van der Waals surface area contributed by atoms with Crippen LogP contribution in [0.4, 0.5) is 0 Å².